The molecule has 3 rings (SSSR count). The van der Waals surface area contributed by atoms with Crippen molar-refractivity contribution in [2.75, 3.05) is 18.5 Å². The van der Waals surface area contributed by atoms with Crippen molar-refractivity contribution in [3.05, 3.63) is 29.3 Å². The Bertz CT molecular complexity index is 490. The summed E-state index contributed by atoms with van der Waals surface area (Å²) >= 11 is 0. The summed E-state index contributed by atoms with van der Waals surface area (Å²) in [5, 5.41) is 14.2. The Morgan fingerprint density at radius 1 is 1.29 bits per heavy atom. The van der Waals surface area contributed by atoms with Crippen LogP contribution >= 0.6 is 0 Å². The van der Waals surface area contributed by atoms with E-state index in [2.05, 4.69) is 42.4 Å². The summed E-state index contributed by atoms with van der Waals surface area (Å²) in [4.78, 5) is 2.24. The highest BCUT2D eigenvalue weighted by Gasteiger charge is 2.32. The van der Waals surface area contributed by atoms with Crippen molar-refractivity contribution >= 4 is 5.69 Å². The maximum Gasteiger partial charge on any atom is 0.0821 e. The van der Waals surface area contributed by atoms with Crippen LogP contribution < -0.4 is 10.2 Å². The van der Waals surface area contributed by atoms with E-state index in [0.717, 1.165) is 44.8 Å². The maximum absolute atomic E-state index is 10.6. The monoisotopic (exact) mass is 288 g/mol. The lowest BCUT2D eigenvalue weighted by atomic mass is 10.0. The minimum atomic E-state index is -0.485. The van der Waals surface area contributed by atoms with Gasteiger partial charge in [0.2, 0.25) is 0 Å². The van der Waals surface area contributed by atoms with Gasteiger partial charge in [-0.3, -0.25) is 0 Å². The van der Waals surface area contributed by atoms with E-state index in [-0.39, 0.29) is 0 Å². The molecule has 0 amide bonds. The zero-order valence-corrected chi connectivity index (χ0v) is 13.4. The fourth-order valence-corrected chi connectivity index (χ4v) is 3.49. The highest BCUT2D eigenvalue weighted by Crippen LogP contribution is 2.32. The summed E-state index contributed by atoms with van der Waals surface area (Å²) in [5.41, 5.74) is 3.43. The summed E-state index contributed by atoms with van der Waals surface area (Å²) < 4.78 is 0. The van der Waals surface area contributed by atoms with Gasteiger partial charge in [-0.1, -0.05) is 30.5 Å². The van der Waals surface area contributed by atoms with Crippen molar-refractivity contribution in [3.63, 3.8) is 0 Å². The topological polar surface area (TPSA) is 35.5 Å². The number of anilines is 1. The van der Waals surface area contributed by atoms with Crippen molar-refractivity contribution in [1.82, 2.24) is 5.32 Å². The second-order valence-electron chi connectivity index (χ2n) is 7.07. The highest BCUT2D eigenvalue weighted by molar-refractivity contribution is 5.55. The first-order valence-corrected chi connectivity index (χ1v) is 8.32. The van der Waals surface area contributed by atoms with Gasteiger partial charge in [0.15, 0.2) is 0 Å². The van der Waals surface area contributed by atoms with Crippen molar-refractivity contribution in [1.29, 1.82) is 0 Å². The van der Waals surface area contributed by atoms with Gasteiger partial charge < -0.3 is 15.3 Å². The van der Waals surface area contributed by atoms with E-state index in [0.29, 0.717) is 0 Å². The summed E-state index contributed by atoms with van der Waals surface area (Å²) in [6.07, 6.45) is 6.84. The zero-order chi connectivity index (χ0) is 14.9. The molecule has 116 valence electrons. The minimum absolute atomic E-state index is 0.485. The molecule has 2 N–H and O–H groups in total. The Hall–Kier alpha value is -1.06. The SMILES string of the molecule is Cc1ccc(N(C)CC2(O)CCCC2)c(CNC2CC2)c1. The fourth-order valence-electron chi connectivity index (χ4n) is 3.49. The number of nitrogens with zero attached hydrogens (tertiary/aromatic N) is 1. The van der Waals surface area contributed by atoms with Crippen LogP contribution in [0.2, 0.25) is 0 Å². The lowest BCUT2D eigenvalue weighted by Gasteiger charge is -2.31. The van der Waals surface area contributed by atoms with E-state index in [9.17, 15) is 5.11 Å². The second-order valence-corrected chi connectivity index (χ2v) is 7.07. The standard InChI is InChI=1S/C18H28N2O/c1-14-5-8-17(15(11-14)12-19-16-6-7-16)20(2)13-18(21)9-3-4-10-18/h5,8,11,16,19,21H,3-4,6-7,9-10,12-13H2,1-2H3. The molecule has 2 fully saturated rings. The van der Waals surface area contributed by atoms with Crippen LogP contribution in [0.4, 0.5) is 5.69 Å². The van der Waals surface area contributed by atoms with Crippen molar-refractivity contribution in [3.8, 4) is 0 Å². The van der Waals surface area contributed by atoms with Gasteiger partial charge in [-0.2, -0.15) is 0 Å². The molecule has 0 saturated heterocycles. The molecule has 3 heteroatoms. The largest absolute Gasteiger partial charge is 0.388 e. The van der Waals surface area contributed by atoms with E-state index in [1.165, 1.54) is 29.7 Å². The van der Waals surface area contributed by atoms with Crippen LogP contribution in [0.15, 0.2) is 18.2 Å². The molecule has 0 radical (unpaired) electrons. The van der Waals surface area contributed by atoms with Gasteiger partial charge in [0.05, 0.1) is 5.60 Å². The smallest absolute Gasteiger partial charge is 0.0821 e. The van der Waals surface area contributed by atoms with Crippen LogP contribution in [-0.4, -0.2) is 30.3 Å². The molecule has 0 aromatic heterocycles. The number of aryl methyl sites for hydroxylation is 1. The molecular weight excluding hydrogens is 260 g/mol. The Morgan fingerprint density at radius 2 is 2.00 bits per heavy atom. The average Bonchev–Trinajstić information content (AvgIpc) is 3.18. The number of rotatable bonds is 6. The van der Waals surface area contributed by atoms with Gasteiger partial charge in [0.1, 0.15) is 0 Å². The van der Waals surface area contributed by atoms with Crippen LogP contribution in [0.25, 0.3) is 0 Å². The van der Waals surface area contributed by atoms with E-state index >= 15 is 0 Å². The first kappa shape index (κ1) is 14.9. The first-order valence-electron chi connectivity index (χ1n) is 8.32. The molecule has 0 spiro atoms. The highest BCUT2D eigenvalue weighted by atomic mass is 16.3. The fraction of sp³-hybridized carbons (Fsp3) is 0.667. The van der Waals surface area contributed by atoms with E-state index < -0.39 is 5.60 Å². The maximum atomic E-state index is 10.6. The molecular formula is C18H28N2O. The van der Waals surface area contributed by atoms with Crippen LogP contribution in [0.3, 0.4) is 0 Å². The zero-order valence-electron chi connectivity index (χ0n) is 13.4. The molecule has 0 atom stereocenters. The van der Waals surface area contributed by atoms with E-state index in [1.54, 1.807) is 0 Å². The van der Waals surface area contributed by atoms with Gasteiger partial charge in [0.25, 0.3) is 0 Å². The second kappa shape index (κ2) is 5.98. The van der Waals surface area contributed by atoms with Crippen molar-refractivity contribution < 1.29 is 5.11 Å². The van der Waals surface area contributed by atoms with Crippen LogP contribution in [0.1, 0.15) is 49.7 Å². The molecule has 2 aliphatic carbocycles. The molecule has 0 heterocycles. The van der Waals surface area contributed by atoms with Crippen molar-refractivity contribution in [2.24, 2.45) is 0 Å². The number of hydrogen-bond acceptors (Lipinski definition) is 3. The molecule has 3 nitrogen and oxygen atoms in total. The van der Waals surface area contributed by atoms with Gasteiger partial charge >= 0.3 is 0 Å². The molecule has 0 aliphatic heterocycles. The average molecular weight is 288 g/mol. The number of benzene rings is 1. The minimum Gasteiger partial charge on any atom is -0.388 e. The van der Waals surface area contributed by atoms with Crippen LogP contribution in [0.5, 0.6) is 0 Å². The lowest BCUT2D eigenvalue weighted by molar-refractivity contribution is 0.0559. The summed E-state index contributed by atoms with van der Waals surface area (Å²) in [6, 6.07) is 7.38. The first-order chi connectivity index (χ1) is 10.1. The molecule has 2 saturated carbocycles. The Balaban J connectivity index is 1.72. The molecule has 2 aliphatic rings. The van der Waals surface area contributed by atoms with E-state index in [1.807, 2.05) is 0 Å². The van der Waals surface area contributed by atoms with E-state index in [4.69, 9.17) is 0 Å². The predicted octanol–water partition coefficient (Wildman–Crippen LogP) is 2.99. The number of hydrogen-bond donors (Lipinski definition) is 2. The van der Waals surface area contributed by atoms with Crippen molar-refractivity contribution in [2.45, 2.75) is 63.6 Å². The van der Waals surface area contributed by atoms with Crippen LogP contribution in [0, 0.1) is 6.92 Å². The van der Waals surface area contributed by atoms with Gasteiger partial charge in [-0.15, -0.1) is 0 Å². The third-order valence-electron chi connectivity index (χ3n) is 4.87. The number of nitrogens with one attached hydrogen (secondary N) is 1. The lowest BCUT2D eigenvalue weighted by Crippen LogP contribution is -2.39. The molecule has 0 bridgehead atoms. The number of aliphatic hydroxyl groups is 1. The summed E-state index contributed by atoms with van der Waals surface area (Å²) in [7, 11) is 2.11. The van der Waals surface area contributed by atoms with Gasteiger partial charge in [0, 0.05) is 31.9 Å². The molecule has 1 aromatic rings. The van der Waals surface area contributed by atoms with Gasteiger partial charge in [-0.25, -0.2) is 0 Å². The third-order valence-corrected chi connectivity index (χ3v) is 4.87. The summed E-state index contributed by atoms with van der Waals surface area (Å²) in [6.45, 7) is 3.83. The quantitative estimate of drug-likeness (QED) is 0.845. The van der Waals surface area contributed by atoms with Gasteiger partial charge in [-0.05, 0) is 44.2 Å². The number of likely N-dealkylation sites (N-methyl/N-ethyl adjacent to an activating group) is 1. The normalized spacial score (nSPS) is 20.7. The van der Waals surface area contributed by atoms with Crippen LogP contribution in [-0.2, 0) is 6.54 Å². The predicted molar refractivity (Wildman–Crippen MR) is 87.7 cm³/mol. The Labute approximate surface area is 128 Å². The Kier molecular flexibility index (Phi) is 4.23. The molecule has 0 unspecified atom stereocenters. The Morgan fingerprint density at radius 3 is 2.67 bits per heavy atom. The summed E-state index contributed by atoms with van der Waals surface area (Å²) in [5.74, 6) is 0. The third kappa shape index (κ3) is 3.78. The molecule has 21 heavy (non-hydrogen) atoms. The molecule has 1 aromatic carbocycles.